The Hall–Kier alpha value is -3.66. The molecule has 4 aromatic rings. The molecule has 0 atom stereocenters. The molecule has 6 nitrogen and oxygen atoms in total. The van der Waals surface area contributed by atoms with Crippen molar-refractivity contribution in [1.29, 1.82) is 0 Å². The number of sulfone groups is 1. The Bertz CT molecular complexity index is 1370. The summed E-state index contributed by atoms with van der Waals surface area (Å²) in [5.41, 5.74) is 2.51. The van der Waals surface area contributed by atoms with Crippen LogP contribution in [-0.4, -0.2) is 30.1 Å². The Morgan fingerprint density at radius 1 is 0.968 bits per heavy atom. The summed E-state index contributed by atoms with van der Waals surface area (Å²) in [5, 5.41) is 2.65. The van der Waals surface area contributed by atoms with Gasteiger partial charge in [-0.3, -0.25) is 4.79 Å². The molecule has 0 aliphatic heterocycles. The fourth-order valence-electron chi connectivity index (χ4n) is 2.93. The molecule has 0 aliphatic rings. The van der Waals surface area contributed by atoms with Gasteiger partial charge in [-0.05, 0) is 66.7 Å². The number of aromatic nitrogens is 2. The number of nitrogens with zero attached hydrogens (tertiary/aromatic N) is 1. The third-order valence-corrected chi connectivity index (χ3v) is 5.94. The molecule has 158 valence electrons. The van der Waals surface area contributed by atoms with Crippen LogP contribution in [0.4, 0.5) is 18.9 Å². The first-order valence-electron chi connectivity index (χ1n) is 8.93. The van der Waals surface area contributed by atoms with Crippen molar-refractivity contribution in [1.82, 2.24) is 9.97 Å². The van der Waals surface area contributed by atoms with Crippen molar-refractivity contribution in [3.63, 3.8) is 0 Å². The zero-order valence-corrected chi connectivity index (χ0v) is 16.5. The summed E-state index contributed by atoms with van der Waals surface area (Å²) in [6, 6.07) is 15.0. The van der Waals surface area contributed by atoms with Gasteiger partial charge < -0.3 is 10.3 Å². The molecule has 4 rings (SSSR count). The quantitative estimate of drug-likeness (QED) is 0.469. The summed E-state index contributed by atoms with van der Waals surface area (Å²) in [6.45, 7) is 0. The zero-order valence-electron chi connectivity index (χ0n) is 15.6. The van der Waals surface area contributed by atoms with E-state index in [1.165, 1.54) is 12.1 Å². The van der Waals surface area contributed by atoms with E-state index in [1.54, 1.807) is 30.3 Å². The van der Waals surface area contributed by atoms with Gasteiger partial charge in [0.1, 0.15) is 11.6 Å². The number of aromatic amines is 1. The van der Waals surface area contributed by atoms with Gasteiger partial charge in [-0.2, -0.15) is 8.78 Å². The van der Waals surface area contributed by atoms with E-state index in [1.807, 2.05) is 0 Å². The van der Waals surface area contributed by atoms with Gasteiger partial charge in [0.2, 0.25) is 9.84 Å². The molecule has 0 spiro atoms. The number of carbonyl (C=O) groups is 1. The van der Waals surface area contributed by atoms with Crippen LogP contribution >= 0.6 is 0 Å². The van der Waals surface area contributed by atoms with E-state index in [0.29, 0.717) is 28.1 Å². The van der Waals surface area contributed by atoms with Crippen molar-refractivity contribution in [2.75, 3.05) is 5.32 Å². The average molecular weight is 445 g/mol. The van der Waals surface area contributed by atoms with Crippen LogP contribution < -0.4 is 5.32 Å². The number of carbonyl (C=O) groups excluding carboxylic acids is 1. The van der Waals surface area contributed by atoms with Crippen LogP contribution in [0, 0.1) is 5.82 Å². The maximum absolute atomic E-state index is 13.1. The second-order valence-electron chi connectivity index (χ2n) is 6.61. The predicted octanol–water partition coefficient (Wildman–Crippen LogP) is 4.62. The summed E-state index contributed by atoms with van der Waals surface area (Å²) in [5.74, 6) is -3.90. The largest absolute Gasteiger partial charge is 0.341 e. The summed E-state index contributed by atoms with van der Waals surface area (Å²) in [4.78, 5) is 19.4. The molecule has 31 heavy (non-hydrogen) atoms. The van der Waals surface area contributed by atoms with E-state index < -0.39 is 26.4 Å². The number of rotatable bonds is 5. The number of H-pyrrole nitrogens is 1. The van der Waals surface area contributed by atoms with E-state index >= 15 is 0 Å². The van der Waals surface area contributed by atoms with Gasteiger partial charge >= 0.3 is 5.76 Å². The molecule has 1 heterocycles. The number of benzene rings is 3. The molecule has 0 unspecified atom stereocenters. The van der Waals surface area contributed by atoms with E-state index in [0.717, 1.165) is 24.3 Å². The second kappa shape index (κ2) is 7.88. The standard InChI is InChI=1S/C21H14F3N3O3S/c22-14-5-1-12(2-6-14)19-26-17-10-7-15(11-18(17)27-19)25-20(28)13-3-8-16(9-4-13)31(29,30)21(23)24/h1-11,21H,(H,25,28)(H,26,27). The summed E-state index contributed by atoms with van der Waals surface area (Å²) < 4.78 is 61.3. The number of halogens is 3. The SMILES string of the molecule is O=C(Nc1ccc2nc(-c3ccc(F)cc3)[nH]c2c1)c1ccc(S(=O)(=O)C(F)F)cc1. The maximum Gasteiger partial charge on any atom is 0.341 e. The number of fused-ring (bicyclic) bond motifs is 1. The fraction of sp³-hybridized carbons (Fsp3) is 0.0476. The van der Waals surface area contributed by atoms with Crippen LogP contribution in [0.2, 0.25) is 0 Å². The number of amides is 1. The molecular weight excluding hydrogens is 431 g/mol. The van der Waals surface area contributed by atoms with Crippen LogP contribution in [0.15, 0.2) is 71.6 Å². The number of hydrogen-bond donors (Lipinski definition) is 2. The van der Waals surface area contributed by atoms with Gasteiger partial charge in [0.05, 0.1) is 15.9 Å². The van der Waals surface area contributed by atoms with Gasteiger partial charge in [-0.25, -0.2) is 17.8 Å². The summed E-state index contributed by atoms with van der Waals surface area (Å²) in [7, 11) is -4.72. The number of hydrogen-bond acceptors (Lipinski definition) is 4. The van der Waals surface area contributed by atoms with Crippen LogP contribution in [-0.2, 0) is 9.84 Å². The number of nitrogens with one attached hydrogen (secondary N) is 2. The van der Waals surface area contributed by atoms with E-state index in [2.05, 4.69) is 15.3 Å². The molecule has 3 aromatic carbocycles. The highest BCUT2D eigenvalue weighted by atomic mass is 32.2. The van der Waals surface area contributed by atoms with E-state index in [9.17, 15) is 26.4 Å². The number of anilines is 1. The Morgan fingerprint density at radius 2 is 1.65 bits per heavy atom. The van der Waals surface area contributed by atoms with Crippen molar-refractivity contribution < 1.29 is 26.4 Å². The second-order valence-corrected chi connectivity index (χ2v) is 8.53. The van der Waals surface area contributed by atoms with Gasteiger partial charge in [0, 0.05) is 16.8 Å². The average Bonchev–Trinajstić information content (AvgIpc) is 3.17. The molecular formula is C21H14F3N3O3S. The molecule has 10 heteroatoms. The van der Waals surface area contributed by atoms with Crippen molar-refractivity contribution in [2.45, 2.75) is 10.7 Å². The minimum atomic E-state index is -4.72. The molecule has 0 saturated heterocycles. The minimum absolute atomic E-state index is 0.102. The molecule has 1 amide bonds. The highest BCUT2D eigenvalue weighted by molar-refractivity contribution is 7.91. The highest BCUT2D eigenvalue weighted by Gasteiger charge is 2.26. The monoisotopic (exact) mass is 445 g/mol. The van der Waals surface area contributed by atoms with Crippen molar-refractivity contribution in [3.8, 4) is 11.4 Å². The van der Waals surface area contributed by atoms with Crippen molar-refractivity contribution >= 4 is 32.5 Å². The van der Waals surface area contributed by atoms with Gasteiger partial charge in [0.25, 0.3) is 5.91 Å². The lowest BCUT2D eigenvalue weighted by Gasteiger charge is -2.07. The van der Waals surface area contributed by atoms with Gasteiger partial charge in [-0.15, -0.1) is 0 Å². The van der Waals surface area contributed by atoms with Crippen LogP contribution in [0.3, 0.4) is 0 Å². The van der Waals surface area contributed by atoms with Crippen LogP contribution in [0.1, 0.15) is 10.4 Å². The van der Waals surface area contributed by atoms with E-state index in [-0.39, 0.29) is 11.4 Å². The first-order valence-corrected chi connectivity index (χ1v) is 10.5. The molecule has 2 N–H and O–H groups in total. The lowest BCUT2D eigenvalue weighted by Crippen LogP contribution is -2.14. The van der Waals surface area contributed by atoms with Gasteiger partial charge in [0.15, 0.2) is 0 Å². The Kier molecular flexibility index (Phi) is 5.24. The van der Waals surface area contributed by atoms with Crippen LogP contribution in [0.25, 0.3) is 22.4 Å². The summed E-state index contributed by atoms with van der Waals surface area (Å²) >= 11 is 0. The van der Waals surface area contributed by atoms with Crippen LogP contribution in [0.5, 0.6) is 0 Å². The molecule has 0 radical (unpaired) electrons. The zero-order chi connectivity index (χ0) is 22.2. The van der Waals surface area contributed by atoms with Crippen molar-refractivity contribution in [2.24, 2.45) is 0 Å². The summed E-state index contributed by atoms with van der Waals surface area (Å²) in [6.07, 6.45) is 0. The smallest absolute Gasteiger partial charge is 0.338 e. The highest BCUT2D eigenvalue weighted by Crippen LogP contribution is 2.24. The predicted molar refractivity (Wildman–Crippen MR) is 109 cm³/mol. The molecule has 0 fully saturated rings. The minimum Gasteiger partial charge on any atom is -0.338 e. The topological polar surface area (TPSA) is 91.9 Å². The normalized spacial score (nSPS) is 11.7. The first-order chi connectivity index (χ1) is 14.7. The maximum atomic E-state index is 13.1. The van der Waals surface area contributed by atoms with Crippen molar-refractivity contribution in [3.05, 3.63) is 78.1 Å². The third-order valence-electron chi connectivity index (χ3n) is 4.54. The van der Waals surface area contributed by atoms with E-state index in [4.69, 9.17) is 0 Å². The Morgan fingerprint density at radius 3 is 2.29 bits per heavy atom. The molecule has 0 bridgehead atoms. The molecule has 0 aliphatic carbocycles. The molecule has 0 saturated carbocycles. The number of alkyl halides is 2. The lowest BCUT2D eigenvalue weighted by molar-refractivity contribution is 0.102. The Balaban J connectivity index is 1.54. The lowest BCUT2D eigenvalue weighted by atomic mass is 10.2. The van der Waals surface area contributed by atoms with Gasteiger partial charge in [-0.1, -0.05) is 0 Å². The third kappa shape index (κ3) is 4.15. The number of imidazole rings is 1. The fourth-order valence-corrected chi connectivity index (χ4v) is 3.66. The first kappa shape index (κ1) is 20.6. The molecule has 1 aromatic heterocycles. The Labute approximate surface area is 174 Å².